The molecule has 0 saturated carbocycles. The van der Waals surface area contributed by atoms with Crippen LogP contribution in [0.4, 0.5) is 0 Å². The molecule has 0 unspecified atom stereocenters. The lowest BCUT2D eigenvalue weighted by molar-refractivity contribution is -0.136. The first-order chi connectivity index (χ1) is 8.54. The van der Waals surface area contributed by atoms with E-state index in [1.54, 1.807) is 6.92 Å². The maximum absolute atomic E-state index is 12.0. The summed E-state index contributed by atoms with van der Waals surface area (Å²) in [4.78, 5) is 17.7. The van der Waals surface area contributed by atoms with Crippen molar-refractivity contribution in [2.24, 2.45) is 11.8 Å². The number of piperidine rings is 1. The summed E-state index contributed by atoms with van der Waals surface area (Å²) in [6, 6.07) is 0. The highest BCUT2D eigenvalue weighted by molar-refractivity contribution is 5.77. The van der Waals surface area contributed by atoms with E-state index < -0.39 is 0 Å². The van der Waals surface area contributed by atoms with Crippen LogP contribution in [0.1, 0.15) is 26.1 Å². The van der Waals surface area contributed by atoms with Gasteiger partial charge in [-0.1, -0.05) is 19.0 Å². The minimum absolute atomic E-state index is 0.0238. The molecule has 18 heavy (non-hydrogen) atoms. The molecule has 1 amide bonds. The smallest absolute Gasteiger partial charge is 0.417 e. The summed E-state index contributed by atoms with van der Waals surface area (Å²) >= 11 is 0. The Balaban J connectivity index is 1.84. The van der Waals surface area contributed by atoms with E-state index in [0.717, 1.165) is 13.1 Å². The van der Waals surface area contributed by atoms with Gasteiger partial charge in [0.15, 0.2) is 12.4 Å². The molecule has 2 atom stereocenters. The number of hydrogen-bond acceptors (Lipinski definition) is 5. The lowest BCUT2D eigenvalue weighted by Crippen LogP contribution is -2.44. The number of aryl methyl sites for hydroxylation is 1. The Morgan fingerprint density at radius 1 is 1.44 bits per heavy atom. The van der Waals surface area contributed by atoms with Crippen LogP contribution in [0.5, 0.6) is 6.08 Å². The lowest BCUT2D eigenvalue weighted by Gasteiger charge is -2.34. The summed E-state index contributed by atoms with van der Waals surface area (Å²) in [6.07, 6.45) is 1.23. The van der Waals surface area contributed by atoms with Crippen molar-refractivity contribution in [1.82, 2.24) is 15.0 Å². The molecule has 0 N–H and O–H groups in total. The SMILES string of the molecule is Cc1noc(OCC(=O)N2C[C@H](C)C[C@H](C)C2)n1. The Labute approximate surface area is 106 Å². The number of nitrogens with zero attached hydrogens (tertiary/aromatic N) is 3. The quantitative estimate of drug-likeness (QED) is 0.811. The zero-order valence-electron chi connectivity index (χ0n) is 11.0. The van der Waals surface area contributed by atoms with Gasteiger partial charge in [-0.25, -0.2) is 0 Å². The van der Waals surface area contributed by atoms with Crippen molar-refractivity contribution in [3.05, 3.63) is 5.82 Å². The van der Waals surface area contributed by atoms with E-state index in [9.17, 15) is 4.79 Å². The van der Waals surface area contributed by atoms with E-state index in [-0.39, 0.29) is 18.6 Å². The molecule has 2 rings (SSSR count). The predicted octanol–water partition coefficient (Wildman–Crippen LogP) is 1.26. The fraction of sp³-hybridized carbons (Fsp3) is 0.750. The van der Waals surface area contributed by atoms with Crippen LogP contribution in [0.2, 0.25) is 0 Å². The van der Waals surface area contributed by atoms with Crippen LogP contribution in [0.15, 0.2) is 4.52 Å². The molecule has 0 aromatic carbocycles. The highest BCUT2D eigenvalue weighted by atomic mass is 16.6. The Bertz CT molecular complexity index is 408. The molecular formula is C12H19N3O3. The summed E-state index contributed by atoms with van der Waals surface area (Å²) in [6.45, 7) is 7.59. The number of carbonyl (C=O) groups excluding carboxylic acids is 1. The zero-order valence-corrected chi connectivity index (χ0v) is 11.0. The fourth-order valence-electron chi connectivity index (χ4n) is 2.42. The first-order valence-electron chi connectivity index (χ1n) is 6.25. The van der Waals surface area contributed by atoms with Gasteiger partial charge in [-0.2, -0.15) is 4.98 Å². The van der Waals surface area contributed by atoms with Crippen molar-refractivity contribution in [2.45, 2.75) is 27.2 Å². The average molecular weight is 253 g/mol. The Kier molecular flexibility index (Phi) is 3.84. The third-order valence-electron chi connectivity index (χ3n) is 3.05. The van der Waals surface area contributed by atoms with Crippen LogP contribution >= 0.6 is 0 Å². The number of aromatic nitrogens is 2. The number of amides is 1. The molecule has 1 aromatic rings. The van der Waals surface area contributed by atoms with Gasteiger partial charge in [-0.15, -0.1) is 0 Å². The number of rotatable bonds is 3. The standard InChI is InChI=1S/C12H19N3O3/c1-8-4-9(2)6-15(5-8)11(16)7-17-12-13-10(3)14-18-12/h8-9H,4-7H2,1-3H3/t8-,9+. The Morgan fingerprint density at radius 3 is 2.67 bits per heavy atom. The van der Waals surface area contributed by atoms with Gasteiger partial charge < -0.3 is 9.64 Å². The topological polar surface area (TPSA) is 68.5 Å². The van der Waals surface area contributed by atoms with Gasteiger partial charge >= 0.3 is 6.08 Å². The van der Waals surface area contributed by atoms with E-state index in [4.69, 9.17) is 9.26 Å². The minimum atomic E-state index is -0.0406. The van der Waals surface area contributed by atoms with E-state index in [1.165, 1.54) is 6.42 Å². The molecule has 100 valence electrons. The normalized spacial score (nSPS) is 24.1. The molecule has 1 fully saturated rings. The molecular weight excluding hydrogens is 234 g/mol. The number of likely N-dealkylation sites (tertiary alicyclic amines) is 1. The van der Waals surface area contributed by atoms with Crippen LogP contribution in [0, 0.1) is 18.8 Å². The Hall–Kier alpha value is -1.59. The van der Waals surface area contributed by atoms with E-state index in [0.29, 0.717) is 17.7 Å². The molecule has 2 heterocycles. The zero-order chi connectivity index (χ0) is 13.1. The first-order valence-corrected chi connectivity index (χ1v) is 6.25. The summed E-state index contributed by atoms with van der Waals surface area (Å²) < 4.78 is 9.97. The van der Waals surface area contributed by atoms with Gasteiger partial charge in [0.1, 0.15) is 0 Å². The molecule has 1 aliphatic rings. The van der Waals surface area contributed by atoms with Crippen molar-refractivity contribution in [3.8, 4) is 6.08 Å². The van der Waals surface area contributed by atoms with Gasteiger partial charge in [-0.05, 0) is 25.2 Å². The summed E-state index contributed by atoms with van der Waals surface area (Å²) in [5.74, 6) is 1.56. The van der Waals surface area contributed by atoms with Crippen LogP contribution < -0.4 is 4.74 Å². The van der Waals surface area contributed by atoms with E-state index >= 15 is 0 Å². The molecule has 6 heteroatoms. The second-order valence-corrected chi connectivity index (χ2v) is 5.14. The predicted molar refractivity (Wildman–Crippen MR) is 64.1 cm³/mol. The number of hydrogen-bond donors (Lipinski definition) is 0. The fourth-order valence-corrected chi connectivity index (χ4v) is 2.42. The largest absolute Gasteiger partial charge is 0.439 e. The number of ether oxygens (including phenoxy) is 1. The summed E-state index contributed by atoms with van der Waals surface area (Å²) in [5, 5.41) is 3.60. The van der Waals surface area contributed by atoms with Crippen LogP contribution in [-0.4, -0.2) is 40.6 Å². The summed E-state index contributed by atoms with van der Waals surface area (Å²) in [5.41, 5.74) is 0. The van der Waals surface area contributed by atoms with E-state index in [2.05, 4.69) is 24.0 Å². The third-order valence-corrected chi connectivity index (χ3v) is 3.05. The Morgan fingerprint density at radius 2 is 2.11 bits per heavy atom. The average Bonchev–Trinajstić information content (AvgIpc) is 2.70. The van der Waals surface area contributed by atoms with Crippen molar-refractivity contribution < 1.29 is 14.1 Å². The third kappa shape index (κ3) is 3.21. The molecule has 0 bridgehead atoms. The summed E-state index contributed by atoms with van der Waals surface area (Å²) in [7, 11) is 0. The van der Waals surface area contributed by atoms with Crippen molar-refractivity contribution >= 4 is 5.91 Å². The van der Waals surface area contributed by atoms with Gasteiger partial charge in [0.05, 0.1) is 0 Å². The minimum Gasteiger partial charge on any atom is -0.439 e. The van der Waals surface area contributed by atoms with Crippen LogP contribution in [-0.2, 0) is 4.79 Å². The second-order valence-electron chi connectivity index (χ2n) is 5.14. The monoisotopic (exact) mass is 253 g/mol. The first kappa shape index (κ1) is 12.9. The lowest BCUT2D eigenvalue weighted by atomic mass is 9.92. The second kappa shape index (κ2) is 5.37. The molecule has 0 aliphatic carbocycles. The maximum atomic E-state index is 12.0. The molecule has 1 aromatic heterocycles. The van der Waals surface area contributed by atoms with Crippen molar-refractivity contribution in [2.75, 3.05) is 19.7 Å². The van der Waals surface area contributed by atoms with E-state index in [1.807, 2.05) is 4.90 Å². The van der Waals surface area contributed by atoms with Crippen LogP contribution in [0.3, 0.4) is 0 Å². The molecule has 1 aliphatic heterocycles. The van der Waals surface area contributed by atoms with Gasteiger partial charge in [0, 0.05) is 13.1 Å². The van der Waals surface area contributed by atoms with Crippen LogP contribution in [0.25, 0.3) is 0 Å². The van der Waals surface area contributed by atoms with Gasteiger partial charge in [0.2, 0.25) is 0 Å². The highest BCUT2D eigenvalue weighted by Gasteiger charge is 2.25. The molecule has 0 radical (unpaired) electrons. The van der Waals surface area contributed by atoms with Gasteiger partial charge in [0.25, 0.3) is 5.91 Å². The highest BCUT2D eigenvalue weighted by Crippen LogP contribution is 2.21. The maximum Gasteiger partial charge on any atom is 0.417 e. The van der Waals surface area contributed by atoms with Gasteiger partial charge in [-0.3, -0.25) is 9.32 Å². The number of carbonyl (C=O) groups is 1. The van der Waals surface area contributed by atoms with Crippen molar-refractivity contribution in [3.63, 3.8) is 0 Å². The molecule has 0 spiro atoms. The molecule has 6 nitrogen and oxygen atoms in total. The van der Waals surface area contributed by atoms with Crippen molar-refractivity contribution in [1.29, 1.82) is 0 Å². The molecule has 1 saturated heterocycles.